The molecule has 0 radical (unpaired) electrons. The monoisotopic (exact) mass is 803 g/mol. The van der Waals surface area contributed by atoms with Crippen LogP contribution in [-0.2, 0) is 43.9 Å². The molecule has 304 valence electrons. The molecule has 2 saturated heterocycles. The van der Waals surface area contributed by atoms with Crippen LogP contribution in [0.2, 0.25) is 0 Å². The minimum Gasteiger partial charge on any atom is -0.395 e. The molecule has 2 heterocycles. The Kier molecular flexibility index (Phi) is 13.5. The summed E-state index contributed by atoms with van der Waals surface area (Å²) in [6.07, 6.45) is 1.24. The van der Waals surface area contributed by atoms with E-state index in [1.807, 2.05) is 110 Å². The molecule has 0 aromatic heterocycles. The summed E-state index contributed by atoms with van der Waals surface area (Å²) < 4.78 is 42.7. The fraction of sp³-hybridized carbons (Fsp3) is 0.340. The summed E-state index contributed by atoms with van der Waals surface area (Å²) in [5.74, 6) is -0.380. The molecule has 5 aromatic rings. The second kappa shape index (κ2) is 18.9. The van der Waals surface area contributed by atoms with Crippen molar-refractivity contribution < 1.29 is 32.9 Å². The molecule has 2 fully saturated rings. The SMILES string of the molecule is Cc1ccc(S(=O)(=O)NC(Cc2ccccc2)C(=O)NCc2cccc(-c3ccc(C4OC(CN5CCCC5CO)C(C)C(c5ccc(CO)cc5)O4)cc3)c2)cc1. The molecule has 4 N–H and O–H groups in total. The van der Waals surface area contributed by atoms with Crippen molar-refractivity contribution >= 4 is 15.9 Å². The molecule has 0 aliphatic carbocycles. The van der Waals surface area contributed by atoms with Gasteiger partial charge < -0.3 is 25.0 Å². The number of carbonyl (C=O) groups excluding carboxylic acids is 1. The van der Waals surface area contributed by atoms with Gasteiger partial charge in [0.25, 0.3) is 0 Å². The number of carbonyl (C=O) groups is 1. The van der Waals surface area contributed by atoms with Crippen molar-refractivity contribution in [2.45, 2.75) is 81.7 Å². The summed E-state index contributed by atoms with van der Waals surface area (Å²) in [5.41, 5.74) is 7.33. The van der Waals surface area contributed by atoms with Crippen LogP contribution in [0.15, 0.2) is 132 Å². The van der Waals surface area contributed by atoms with E-state index >= 15 is 0 Å². The number of nitrogens with zero attached hydrogens (tertiary/aromatic N) is 1. The van der Waals surface area contributed by atoms with Gasteiger partial charge in [0, 0.05) is 30.6 Å². The third kappa shape index (κ3) is 10.1. The fourth-order valence-electron chi connectivity index (χ4n) is 7.92. The molecule has 5 aromatic carbocycles. The lowest BCUT2D eigenvalue weighted by atomic mass is 9.89. The fourth-order valence-corrected chi connectivity index (χ4v) is 9.11. The highest BCUT2D eigenvalue weighted by Crippen LogP contribution is 2.42. The number of hydrogen-bond acceptors (Lipinski definition) is 8. The molecule has 58 heavy (non-hydrogen) atoms. The maximum absolute atomic E-state index is 13.7. The summed E-state index contributed by atoms with van der Waals surface area (Å²) in [4.78, 5) is 16.1. The minimum absolute atomic E-state index is 0.0226. The zero-order valence-corrected chi connectivity index (χ0v) is 33.9. The van der Waals surface area contributed by atoms with Crippen LogP contribution in [0.3, 0.4) is 0 Å². The number of amides is 1. The molecule has 2 aliphatic rings. The van der Waals surface area contributed by atoms with E-state index in [0.717, 1.165) is 63.9 Å². The van der Waals surface area contributed by atoms with Gasteiger partial charge in [0.2, 0.25) is 15.9 Å². The largest absolute Gasteiger partial charge is 0.395 e. The zero-order chi connectivity index (χ0) is 40.6. The van der Waals surface area contributed by atoms with Crippen molar-refractivity contribution in [3.8, 4) is 11.1 Å². The van der Waals surface area contributed by atoms with Gasteiger partial charge in [-0.1, -0.05) is 122 Å². The lowest BCUT2D eigenvalue weighted by Crippen LogP contribution is -2.47. The van der Waals surface area contributed by atoms with E-state index in [2.05, 4.69) is 21.9 Å². The highest BCUT2D eigenvalue weighted by Gasteiger charge is 2.40. The van der Waals surface area contributed by atoms with Crippen molar-refractivity contribution in [3.05, 3.63) is 161 Å². The number of rotatable bonds is 15. The maximum Gasteiger partial charge on any atom is 0.241 e. The van der Waals surface area contributed by atoms with E-state index in [9.17, 15) is 23.4 Å². The van der Waals surface area contributed by atoms with E-state index < -0.39 is 28.3 Å². The molecular weight excluding hydrogens is 751 g/mol. The molecule has 1 amide bonds. The van der Waals surface area contributed by atoms with Crippen LogP contribution in [0.1, 0.15) is 65.5 Å². The Balaban J connectivity index is 1.05. The van der Waals surface area contributed by atoms with Crippen molar-refractivity contribution in [2.75, 3.05) is 19.7 Å². The van der Waals surface area contributed by atoms with Gasteiger partial charge in [0.05, 0.1) is 30.3 Å². The molecule has 6 atom stereocenters. The zero-order valence-electron chi connectivity index (χ0n) is 33.0. The first-order valence-corrected chi connectivity index (χ1v) is 21.5. The van der Waals surface area contributed by atoms with Crippen LogP contribution < -0.4 is 10.0 Å². The first kappa shape index (κ1) is 41.4. The normalized spacial score (nSPS) is 21.8. The molecule has 0 saturated carbocycles. The molecule has 2 aliphatic heterocycles. The Morgan fingerprint density at radius 2 is 1.52 bits per heavy atom. The lowest BCUT2D eigenvalue weighted by Gasteiger charge is -2.43. The van der Waals surface area contributed by atoms with Crippen molar-refractivity contribution in [2.24, 2.45) is 5.92 Å². The van der Waals surface area contributed by atoms with Gasteiger partial charge in [-0.25, -0.2) is 8.42 Å². The Morgan fingerprint density at radius 1 is 0.810 bits per heavy atom. The number of likely N-dealkylation sites (tertiary alicyclic amines) is 1. The average molecular weight is 804 g/mol. The number of hydrogen-bond donors (Lipinski definition) is 4. The number of sulfonamides is 1. The van der Waals surface area contributed by atoms with Gasteiger partial charge in [-0.05, 0) is 84.3 Å². The third-order valence-electron chi connectivity index (χ3n) is 11.4. The van der Waals surface area contributed by atoms with Crippen LogP contribution in [-0.4, -0.2) is 67.3 Å². The van der Waals surface area contributed by atoms with E-state index in [1.54, 1.807) is 24.3 Å². The second-order valence-electron chi connectivity index (χ2n) is 15.5. The Labute approximate surface area is 341 Å². The van der Waals surface area contributed by atoms with E-state index in [-0.39, 0.29) is 55.2 Å². The van der Waals surface area contributed by atoms with Gasteiger partial charge in [-0.15, -0.1) is 0 Å². The summed E-state index contributed by atoms with van der Waals surface area (Å²) in [5, 5.41) is 22.6. The smallest absolute Gasteiger partial charge is 0.241 e. The number of ether oxygens (including phenoxy) is 2. The number of aryl methyl sites for hydroxylation is 1. The summed E-state index contributed by atoms with van der Waals surface area (Å²) in [6.45, 7) is 5.99. The molecule has 11 heteroatoms. The number of benzene rings is 5. The lowest BCUT2D eigenvalue weighted by molar-refractivity contribution is -0.276. The van der Waals surface area contributed by atoms with E-state index in [0.29, 0.717) is 6.54 Å². The molecule has 0 spiro atoms. The predicted octanol–water partition coefficient (Wildman–Crippen LogP) is 6.61. The molecule has 7 rings (SSSR count). The summed E-state index contributed by atoms with van der Waals surface area (Å²) in [7, 11) is -3.96. The highest BCUT2D eigenvalue weighted by atomic mass is 32.2. The number of nitrogens with one attached hydrogen (secondary N) is 2. The topological polar surface area (TPSA) is 137 Å². The Bertz CT molecular complexity index is 2220. The third-order valence-corrected chi connectivity index (χ3v) is 12.9. The second-order valence-corrected chi connectivity index (χ2v) is 17.2. The van der Waals surface area contributed by atoms with Gasteiger partial charge in [-0.3, -0.25) is 9.69 Å². The van der Waals surface area contributed by atoms with E-state index in [1.165, 1.54) is 0 Å². The predicted molar refractivity (Wildman–Crippen MR) is 224 cm³/mol. The van der Waals surface area contributed by atoms with Gasteiger partial charge in [-0.2, -0.15) is 4.72 Å². The average Bonchev–Trinajstić information content (AvgIpc) is 3.71. The molecule has 6 unspecified atom stereocenters. The number of aliphatic hydroxyl groups is 2. The Hall–Kier alpha value is -4.72. The van der Waals surface area contributed by atoms with Gasteiger partial charge >= 0.3 is 0 Å². The quantitative estimate of drug-likeness (QED) is 0.0929. The maximum atomic E-state index is 13.7. The molecule has 10 nitrogen and oxygen atoms in total. The van der Waals surface area contributed by atoms with Gasteiger partial charge in [0.1, 0.15) is 6.04 Å². The molecular formula is C47H53N3O7S. The Morgan fingerprint density at radius 3 is 2.22 bits per heavy atom. The molecule has 0 bridgehead atoms. The first-order chi connectivity index (χ1) is 28.1. The van der Waals surface area contributed by atoms with Crippen molar-refractivity contribution in [1.29, 1.82) is 0 Å². The minimum atomic E-state index is -3.96. The van der Waals surface area contributed by atoms with Crippen molar-refractivity contribution in [3.63, 3.8) is 0 Å². The van der Waals surface area contributed by atoms with Crippen LogP contribution in [0.5, 0.6) is 0 Å². The van der Waals surface area contributed by atoms with Crippen LogP contribution in [0, 0.1) is 12.8 Å². The summed E-state index contributed by atoms with van der Waals surface area (Å²) >= 11 is 0. The van der Waals surface area contributed by atoms with Crippen molar-refractivity contribution in [1.82, 2.24) is 14.9 Å². The standard InChI is InChI=1S/C47H53N3O7S/c1-32-13-23-42(24-14-32)58(54,55)49-43(27-34-8-4-3-5-9-34)46(53)48-28-36-10-6-11-40(26-36)37-19-21-39(22-20-37)47-56-44(29-50-25-7-12-41(50)31-52)33(2)45(57-47)38-17-15-35(30-51)16-18-38/h3-6,8-11,13-24,26,33,41,43-45,47,49,51-52H,7,12,25,27-31H2,1-2H3,(H,48,53). The number of aliphatic hydroxyl groups excluding tert-OH is 2. The van der Waals surface area contributed by atoms with Crippen LogP contribution in [0.25, 0.3) is 11.1 Å². The summed E-state index contributed by atoms with van der Waals surface area (Å²) in [6, 6.07) is 38.9. The van der Waals surface area contributed by atoms with Crippen LogP contribution >= 0.6 is 0 Å². The highest BCUT2D eigenvalue weighted by molar-refractivity contribution is 7.89. The van der Waals surface area contributed by atoms with Gasteiger partial charge in [0.15, 0.2) is 6.29 Å². The van der Waals surface area contributed by atoms with E-state index in [4.69, 9.17) is 9.47 Å². The first-order valence-electron chi connectivity index (χ1n) is 20.1. The van der Waals surface area contributed by atoms with Crippen LogP contribution in [0.4, 0.5) is 0 Å².